The van der Waals surface area contributed by atoms with Crippen LogP contribution in [0.4, 0.5) is 0 Å². The first-order valence-electron chi connectivity index (χ1n) is 6.83. The molecule has 3 nitrogen and oxygen atoms in total. The number of carbonyl (C=O) groups is 1. The first-order chi connectivity index (χ1) is 11.2. The van der Waals surface area contributed by atoms with E-state index >= 15 is 0 Å². The molecule has 1 aliphatic rings. The SMILES string of the molecule is N#CC(C(=O)c1ccccc1)=C1NC(c2ccccc2Cl)=CS1. The zero-order valence-corrected chi connectivity index (χ0v) is 13.5. The summed E-state index contributed by atoms with van der Waals surface area (Å²) in [7, 11) is 0. The second-order valence-corrected chi connectivity index (χ2v) is 6.05. The van der Waals surface area contributed by atoms with E-state index in [4.69, 9.17) is 11.6 Å². The predicted octanol–water partition coefficient (Wildman–Crippen LogP) is 4.59. The van der Waals surface area contributed by atoms with Crippen molar-refractivity contribution in [2.24, 2.45) is 0 Å². The number of rotatable bonds is 3. The molecule has 0 saturated carbocycles. The Morgan fingerprint density at radius 3 is 2.48 bits per heavy atom. The van der Waals surface area contributed by atoms with Gasteiger partial charge in [-0.2, -0.15) is 5.26 Å². The van der Waals surface area contributed by atoms with Crippen LogP contribution < -0.4 is 5.32 Å². The molecule has 0 spiro atoms. The van der Waals surface area contributed by atoms with Crippen LogP contribution >= 0.6 is 23.4 Å². The van der Waals surface area contributed by atoms with Gasteiger partial charge in [-0.05, 0) is 6.07 Å². The van der Waals surface area contributed by atoms with E-state index in [9.17, 15) is 10.1 Å². The third kappa shape index (κ3) is 3.16. The molecule has 0 atom stereocenters. The summed E-state index contributed by atoms with van der Waals surface area (Å²) in [4.78, 5) is 12.5. The molecule has 0 fully saturated rings. The van der Waals surface area contributed by atoms with E-state index in [-0.39, 0.29) is 11.4 Å². The van der Waals surface area contributed by atoms with Crippen molar-refractivity contribution >= 4 is 34.8 Å². The van der Waals surface area contributed by atoms with Gasteiger partial charge < -0.3 is 5.32 Å². The van der Waals surface area contributed by atoms with Gasteiger partial charge in [0.1, 0.15) is 11.6 Å². The average molecular weight is 339 g/mol. The summed E-state index contributed by atoms with van der Waals surface area (Å²) in [5, 5.41) is 15.5. The maximum absolute atomic E-state index is 12.5. The molecule has 1 N–H and O–H groups in total. The van der Waals surface area contributed by atoms with Crippen molar-refractivity contribution in [1.82, 2.24) is 5.32 Å². The van der Waals surface area contributed by atoms with Gasteiger partial charge in [0, 0.05) is 21.6 Å². The Morgan fingerprint density at radius 1 is 1.09 bits per heavy atom. The van der Waals surface area contributed by atoms with E-state index < -0.39 is 0 Å². The molecule has 2 aromatic rings. The smallest absolute Gasteiger partial charge is 0.206 e. The van der Waals surface area contributed by atoms with Gasteiger partial charge in [0.05, 0.1) is 10.7 Å². The highest BCUT2D eigenvalue weighted by atomic mass is 35.5. The number of hydrogen-bond acceptors (Lipinski definition) is 4. The first-order valence-corrected chi connectivity index (χ1v) is 8.09. The van der Waals surface area contributed by atoms with E-state index in [0.717, 1.165) is 11.3 Å². The van der Waals surface area contributed by atoms with Crippen molar-refractivity contribution in [1.29, 1.82) is 5.26 Å². The molecule has 0 amide bonds. The largest absolute Gasteiger partial charge is 0.348 e. The molecule has 5 heteroatoms. The van der Waals surface area contributed by atoms with Crippen LogP contribution in [0.15, 0.2) is 70.6 Å². The molecule has 0 bridgehead atoms. The highest BCUT2D eigenvalue weighted by molar-refractivity contribution is 8.06. The van der Waals surface area contributed by atoms with E-state index in [2.05, 4.69) is 5.32 Å². The van der Waals surface area contributed by atoms with E-state index in [1.54, 1.807) is 30.3 Å². The number of thioether (sulfide) groups is 1. The average Bonchev–Trinajstić information content (AvgIpc) is 3.06. The second-order valence-electron chi connectivity index (χ2n) is 4.77. The van der Waals surface area contributed by atoms with Crippen molar-refractivity contribution < 1.29 is 4.79 Å². The zero-order chi connectivity index (χ0) is 16.2. The summed E-state index contributed by atoms with van der Waals surface area (Å²) < 4.78 is 0. The Kier molecular flexibility index (Phi) is 4.52. The van der Waals surface area contributed by atoms with Crippen LogP contribution in [-0.4, -0.2) is 5.78 Å². The van der Waals surface area contributed by atoms with Crippen molar-refractivity contribution in [3.63, 3.8) is 0 Å². The van der Waals surface area contributed by atoms with Crippen LogP contribution in [0.2, 0.25) is 5.02 Å². The molecule has 0 saturated heterocycles. The number of nitriles is 1. The number of nitrogens with zero attached hydrogens (tertiary/aromatic N) is 1. The molecule has 1 aliphatic heterocycles. The number of allylic oxidation sites excluding steroid dienone is 1. The molecular weight excluding hydrogens is 328 g/mol. The quantitative estimate of drug-likeness (QED) is 0.505. The lowest BCUT2D eigenvalue weighted by Gasteiger charge is -2.08. The van der Waals surface area contributed by atoms with Gasteiger partial charge in [0.25, 0.3) is 0 Å². The number of nitrogens with one attached hydrogen (secondary N) is 1. The number of benzene rings is 2. The van der Waals surface area contributed by atoms with E-state index in [1.165, 1.54) is 11.8 Å². The Hall–Kier alpha value is -2.48. The number of hydrogen-bond donors (Lipinski definition) is 1. The van der Waals surface area contributed by atoms with Gasteiger partial charge in [-0.1, -0.05) is 71.9 Å². The fraction of sp³-hybridized carbons (Fsp3) is 0. The van der Waals surface area contributed by atoms with Gasteiger partial charge in [0.15, 0.2) is 0 Å². The van der Waals surface area contributed by atoms with Crippen molar-refractivity contribution in [3.8, 4) is 6.07 Å². The minimum absolute atomic E-state index is 0.0968. The van der Waals surface area contributed by atoms with E-state index in [1.807, 2.05) is 35.7 Å². The standard InChI is InChI=1S/C18H11ClN2OS/c19-15-9-5-4-8-13(15)16-11-23-18(21-16)14(10-20)17(22)12-6-2-1-3-7-12/h1-9,11,21H. The molecular formula is C18H11ClN2OS. The Labute approximate surface area is 143 Å². The normalized spacial score (nSPS) is 15.4. The Bertz CT molecular complexity index is 866. The lowest BCUT2D eigenvalue weighted by molar-refractivity contribution is 0.103. The third-order valence-corrected chi connectivity index (χ3v) is 4.53. The first kappa shape index (κ1) is 15.4. The van der Waals surface area contributed by atoms with Crippen LogP contribution in [0.5, 0.6) is 0 Å². The zero-order valence-electron chi connectivity index (χ0n) is 11.9. The van der Waals surface area contributed by atoms with Crippen molar-refractivity contribution in [2.75, 3.05) is 0 Å². The maximum atomic E-state index is 12.5. The van der Waals surface area contributed by atoms with Crippen LogP contribution in [0.25, 0.3) is 5.70 Å². The third-order valence-electron chi connectivity index (χ3n) is 3.31. The number of Topliss-reactive ketones (excluding diaryl/α,β-unsaturated/α-hetero) is 1. The molecule has 2 aromatic carbocycles. The highest BCUT2D eigenvalue weighted by Gasteiger charge is 2.22. The molecule has 3 rings (SSSR count). The summed E-state index contributed by atoms with van der Waals surface area (Å²) in [5.74, 6) is -0.295. The fourth-order valence-electron chi connectivity index (χ4n) is 2.17. The van der Waals surface area contributed by atoms with Crippen LogP contribution in [0, 0.1) is 11.3 Å². The number of carbonyl (C=O) groups excluding carboxylic acids is 1. The fourth-order valence-corrected chi connectivity index (χ4v) is 3.25. The number of ketones is 1. The number of halogens is 1. The monoisotopic (exact) mass is 338 g/mol. The minimum Gasteiger partial charge on any atom is -0.348 e. The summed E-state index contributed by atoms with van der Waals surface area (Å²) in [6, 6.07) is 18.2. The van der Waals surface area contributed by atoms with Gasteiger partial charge >= 0.3 is 0 Å². The summed E-state index contributed by atoms with van der Waals surface area (Å²) in [5.41, 5.74) is 2.20. The molecule has 0 aliphatic carbocycles. The lowest BCUT2D eigenvalue weighted by atomic mass is 10.1. The molecule has 0 radical (unpaired) electrons. The predicted molar refractivity (Wildman–Crippen MR) is 93.6 cm³/mol. The molecule has 0 unspecified atom stereocenters. The Morgan fingerprint density at radius 2 is 1.78 bits per heavy atom. The van der Waals surface area contributed by atoms with Crippen molar-refractivity contribution in [3.05, 3.63) is 86.8 Å². The maximum Gasteiger partial charge on any atom is 0.206 e. The summed E-state index contributed by atoms with van der Waals surface area (Å²) in [6.07, 6.45) is 0. The molecule has 1 heterocycles. The molecule has 112 valence electrons. The Balaban J connectivity index is 1.90. The summed E-state index contributed by atoms with van der Waals surface area (Å²) in [6.45, 7) is 0. The van der Waals surface area contributed by atoms with Gasteiger partial charge in [-0.3, -0.25) is 4.79 Å². The summed E-state index contributed by atoms with van der Waals surface area (Å²) >= 11 is 7.50. The van der Waals surface area contributed by atoms with Gasteiger partial charge in [-0.25, -0.2) is 0 Å². The lowest BCUT2D eigenvalue weighted by Crippen LogP contribution is -2.12. The van der Waals surface area contributed by atoms with E-state index in [0.29, 0.717) is 15.6 Å². The van der Waals surface area contributed by atoms with Crippen LogP contribution in [-0.2, 0) is 0 Å². The second kappa shape index (κ2) is 6.74. The highest BCUT2D eigenvalue weighted by Crippen LogP contribution is 2.35. The van der Waals surface area contributed by atoms with Gasteiger partial charge in [0.2, 0.25) is 5.78 Å². The topological polar surface area (TPSA) is 52.9 Å². The van der Waals surface area contributed by atoms with Crippen LogP contribution in [0.1, 0.15) is 15.9 Å². The molecule has 23 heavy (non-hydrogen) atoms. The minimum atomic E-state index is -0.295. The van der Waals surface area contributed by atoms with Crippen molar-refractivity contribution in [2.45, 2.75) is 0 Å². The molecule has 0 aromatic heterocycles. The van der Waals surface area contributed by atoms with Crippen LogP contribution in [0.3, 0.4) is 0 Å². The van der Waals surface area contributed by atoms with Gasteiger partial charge in [-0.15, -0.1) is 0 Å².